The molecule has 1 aromatic rings. The first-order valence-electron chi connectivity index (χ1n) is 5.54. The van der Waals surface area contributed by atoms with Crippen molar-refractivity contribution >= 4 is 0 Å². The van der Waals surface area contributed by atoms with Crippen molar-refractivity contribution in [1.29, 1.82) is 0 Å². The van der Waals surface area contributed by atoms with E-state index in [2.05, 4.69) is 14.9 Å². The summed E-state index contributed by atoms with van der Waals surface area (Å²) in [6.07, 6.45) is 6.36. The fourth-order valence-corrected chi connectivity index (χ4v) is 2.12. The summed E-state index contributed by atoms with van der Waals surface area (Å²) in [6.45, 7) is 4.84. The third-order valence-corrected chi connectivity index (χ3v) is 2.99. The van der Waals surface area contributed by atoms with Crippen molar-refractivity contribution < 1.29 is 0 Å². The highest BCUT2D eigenvalue weighted by molar-refractivity contribution is 5.12. The third-order valence-electron chi connectivity index (χ3n) is 2.99. The SMILES string of the molecule is Cc1ncc([C@@H](CN)N2CCCC2)cn1. The summed E-state index contributed by atoms with van der Waals surface area (Å²) < 4.78 is 0. The summed E-state index contributed by atoms with van der Waals surface area (Å²) >= 11 is 0. The Hall–Kier alpha value is -1.00. The van der Waals surface area contributed by atoms with Gasteiger partial charge in [0.25, 0.3) is 0 Å². The summed E-state index contributed by atoms with van der Waals surface area (Å²) in [5.41, 5.74) is 6.97. The van der Waals surface area contributed by atoms with Gasteiger partial charge in [-0.05, 0) is 32.9 Å². The van der Waals surface area contributed by atoms with Crippen LogP contribution in [0.25, 0.3) is 0 Å². The van der Waals surface area contributed by atoms with Crippen LogP contribution in [0.5, 0.6) is 0 Å². The lowest BCUT2D eigenvalue weighted by Crippen LogP contribution is -2.31. The highest BCUT2D eigenvalue weighted by Crippen LogP contribution is 2.22. The molecule has 0 spiro atoms. The normalized spacial score (nSPS) is 19.3. The third kappa shape index (κ3) is 2.33. The highest BCUT2D eigenvalue weighted by Gasteiger charge is 2.22. The molecule has 0 bridgehead atoms. The minimum absolute atomic E-state index is 0.299. The Labute approximate surface area is 90.5 Å². The minimum Gasteiger partial charge on any atom is -0.329 e. The van der Waals surface area contributed by atoms with Gasteiger partial charge in [0, 0.05) is 24.5 Å². The van der Waals surface area contributed by atoms with Crippen LogP contribution < -0.4 is 5.73 Å². The van der Waals surface area contributed by atoms with Crippen LogP contribution in [0.15, 0.2) is 12.4 Å². The molecule has 0 unspecified atom stereocenters. The molecule has 1 aliphatic heterocycles. The van der Waals surface area contributed by atoms with Crippen LogP contribution in [-0.2, 0) is 0 Å². The van der Waals surface area contributed by atoms with Gasteiger partial charge in [-0.25, -0.2) is 9.97 Å². The molecule has 0 radical (unpaired) electrons. The first kappa shape index (κ1) is 10.5. The maximum absolute atomic E-state index is 5.83. The summed E-state index contributed by atoms with van der Waals surface area (Å²) in [5, 5.41) is 0. The van der Waals surface area contributed by atoms with Gasteiger partial charge in [-0.15, -0.1) is 0 Å². The van der Waals surface area contributed by atoms with E-state index in [1.54, 1.807) is 0 Å². The van der Waals surface area contributed by atoms with E-state index < -0.39 is 0 Å². The average molecular weight is 206 g/mol. The molecule has 1 fully saturated rings. The van der Waals surface area contributed by atoms with Gasteiger partial charge in [-0.3, -0.25) is 4.90 Å². The van der Waals surface area contributed by atoms with Crippen LogP contribution in [0.3, 0.4) is 0 Å². The van der Waals surface area contributed by atoms with Gasteiger partial charge in [-0.2, -0.15) is 0 Å². The molecule has 2 heterocycles. The first-order chi connectivity index (χ1) is 7.31. The van der Waals surface area contributed by atoms with E-state index in [9.17, 15) is 0 Å². The smallest absolute Gasteiger partial charge is 0.125 e. The number of aromatic nitrogens is 2. The minimum atomic E-state index is 0.299. The van der Waals surface area contributed by atoms with E-state index in [1.165, 1.54) is 12.8 Å². The molecule has 82 valence electrons. The maximum atomic E-state index is 5.83. The molecule has 0 saturated carbocycles. The topological polar surface area (TPSA) is 55.0 Å². The summed E-state index contributed by atoms with van der Waals surface area (Å²) in [7, 11) is 0. The van der Waals surface area contributed by atoms with E-state index in [0.717, 1.165) is 24.5 Å². The Morgan fingerprint density at radius 2 is 1.93 bits per heavy atom. The molecule has 1 saturated heterocycles. The van der Waals surface area contributed by atoms with Crippen LogP contribution in [-0.4, -0.2) is 34.5 Å². The van der Waals surface area contributed by atoms with Crippen molar-refractivity contribution in [3.8, 4) is 0 Å². The van der Waals surface area contributed by atoms with E-state index >= 15 is 0 Å². The van der Waals surface area contributed by atoms with Crippen molar-refractivity contribution in [2.45, 2.75) is 25.8 Å². The molecule has 2 N–H and O–H groups in total. The van der Waals surface area contributed by atoms with Gasteiger partial charge in [0.15, 0.2) is 0 Å². The Bertz CT molecular complexity index is 303. The zero-order chi connectivity index (χ0) is 10.7. The molecule has 4 nitrogen and oxygen atoms in total. The lowest BCUT2D eigenvalue weighted by Gasteiger charge is -2.25. The quantitative estimate of drug-likeness (QED) is 0.797. The lowest BCUT2D eigenvalue weighted by atomic mass is 10.1. The van der Waals surface area contributed by atoms with Crippen molar-refractivity contribution in [2.24, 2.45) is 5.73 Å². The van der Waals surface area contributed by atoms with Crippen molar-refractivity contribution in [3.63, 3.8) is 0 Å². The van der Waals surface area contributed by atoms with Crippen molar-refractivity contribution in [3.05, 3.63) is 23.8 Å². The molecule has 0 aliphatic carbocycles. The number of likely N-dealkylation sites (tertiary alicyclic amines) is 1. The Morgan fingerprint density at radius 3 is 2.47 bits per heavy atom. The lowest BCUT2D eigenvalue weighted by molar-refractivity contribution is 0.250. The Morgan fingerprint density at radius 1 is 1.33 bits per heavy atom. The van der Waals surface area contributed by atoms with Gasteiger partial charge in [0.1, 0.15) is 5.82 Å². The van der Waals surface area contributed by atoms with E-state index in [4.69, 9.17) is 5.73 Å². The van der Waals surface area contributed by atoms with Gasteiger partial charge in [0.05, 0.1) is 6.04 Å². The van der Waals surface area contributed by atoms with Gasteiger partial charge < -0.3 is 5.73 Å². The van der Waals surface area contributed by atoms with Gasteiger partial charge in [0.2, 0.25) is 0 Å². The Balaban J connectivity index is 2.14. The molecule has 0 aromatic carbocycles. The molecule has 0 amide bonds. The molecular weight excluding hydrogens is 188 g/mol. The molecule has 1 aromatic heterocycles. The fraction of sp³-hybridized carbons (Fsp3) is 0.636. The zero-order valence-electron chi connectivity index (χ0n) is 9.19. The van der Waals surface area contributed by atoms with Gasteiger partial charge >= 0.3 is 0 Å². The van der Waals surface area contributed by atoms with E-state index in [1.807, 2.05) is 19.3 Å². The number of aryl methyl sites for hydroxylation is 1. The molecule has 15 heavy (non-hydrogen) atoms. The predicted molar refractivity (Wildman–Crippen MR) is 59.4 cm³/mol. The van der Waals surface area contributed by atoms with Crippen molar-refractivity contribution in [1.82, 2.24) is 14.9 Å². The standard InChI is InChI=1S/C11H18N4/c1-9-13-7-10(8-14-9)11(6-12)15-4-2-3-5-15/h7-8,11H,2-6,12H2,1H3/t11-/m1/s1. The number of nitrogens with two attached hydrogens (primary N) is 1. The largest absolute Gasteiger partial charge is 0.329 e. The number of nitrogens with zero attached hydrogens (tertiary/aromatic N) is 3. The monoisotopic (exact) mass is 206 g/mol. The highest BCUT2D eigenvalue weighted by atomic mass is 15.2. The Kier molecular flexibility index (Phi) is 3.28. The number of hydrogen-bond donors (Lipinski definition) is 1. The van der Waals surface area contributed by atoms with Crippen LogP contribution in [0, 0.1) is 6.92 Å². The first-order valence-corrected chi connectivity index (χ1v) is 5.54. The zero-order valence-corrected chi connectivity index (χ0v) is 9.19. The molecule has 4 heteroatoms. The number of hydrogen-bond acceptors (Lipinski definition) is 4. The van der Waals surface area contributed by atoms with E-state index in [-0.39, 0.29) is 0 Å². The molecule has 2 rings (SSSR count). The average Bonchev–Trinajstić information content (AvgIpc) is 2.75. The molecular formula is C11H18N4. The fourth-order valence-electron chi connectivity index (χ4n) is 2.12. The maximum Gasteiger partial charge on any atom is 0.125 e. The summed E-state index contributed by atoms with van der Waals surface area (Å²) in [5.74, 6) is 0.816. The second-order valence-corrected chi connectivity index (χ2v) is 4.06. The van der Waals surface area contributed by atoms with Gasteiger partial charge in [-0.1, -0.05) is 0 Å². The molecule has 1 atom stereocenters. The number of rotatable bonds is 3. The predicted octanol–water partition coefficient (Wildman–Crippen LogP) is 0.881. The van der Waals surface area contributed by atoms with Crippen LogP contribution in [0.4, 0.5) is 0 Å². The molecule has 1 aliphatic rings. The summed E-state index contributed by atoms with van der Waals surface area (Å²) in [6, 6.07) is 0.299. The van der Waals surface area contributed by atoms with Crippen LogP contribution in [0.2, 0.25) is 0 Å². The van der Waals surface area contributed by atoms with E-state index in [0.29, 0.717) is 12.6 Å². The second-order valence-electron chi connectivity index (χ2n) is 4.06. The second kappa shape index (κ2) is 4.68. The van der Waals surface area contributed by atoms with Crippen LogP contribution >= 0.6 is 0 Å². The van der Waals surface area contributed by atoms with Crippen molar-refractivity contribution in [2.75, 3.05) is 19.6 Å². The summed E-state index contributed by atoms with van der Waals surface area (Å²) in [4.78, 5) is 10.9. The van der Waals surface area contributed by atoms with Crippen LogP contribution in [0.1, 0.15) is 30.3 Å².